The summed E-state index contributed by atoms with van der Waals surface area (Å²) in [5.41, 5.74) is 1.51. The van der Waals surface area contributed by atoms with Crippen molar-refractivity contribution < 1.29 is 9.90 Å². The number of carboxylic acid groups (broad SMARTS) is 1. The second-order valence-electron chi connectivity index (χ2n) is 4.53. The van der Waals surface area contributed by atoms with Crippen LogP contribution in [0.15, 0.2) is 18.5 Å². The largest absolute Gasteiger partial charge is 0.463 e. The number of pyridine rings is 1. The van der Waals surface area contributed by atoms with Crippen LogP contribution in [0.3, 0.4) is 0 Å². The summed E-state index contributed by atoms with van der Waals surface area (Å²) < 4.78 is 0.919. The lowest BCUT2D eigenvalue weighted by molar-refractivity contribution is 0.194. The van der Waals surface area contributed by atoms with Crippen molar-refractivity contribution in [2.75, 3.05) is 13.1 Å². The molecule has 1 aliphatic heterocycles. The Hall–Kier alpha value is -1.95. The van der Waals surface area contributed by atoms with Crippen molar-refractivity contribution in [1.82, 2.24) is 19.7 Å². The molecule has 1 aliphatic rings. The predicted molar refractivity (Wildman–Crippen MR) is 65.5 cm³/mol. The molecule has 0 aromatic carbocycles. The molecule has 0 atom stereocenters. The van der Waals surface area contributed by atoms with Gasteiger partial charge in [0, 0.05) is 18.1 Å². The summed E-state index contributed by atoms with van der Waals surface area (Å²) in [7, 11) is 0. The van der Waals surface area contributed by atoms with Crippen molar-refractivity contribution in [1.29, 1.82) is 0 Å². The Morgan fingerprint density at radius 1 is 1.39 bits per heavy atom. The summed E-state index contributed by atoms with van der Waals surface area (Å²) in [5, 5.41) is 13.7. The van der Waals surface area contributed by atoms with Crippen LogP contribution in [0.5, 0.6) is 0 Å². The van der Waals surface area contributed by atoms with Gasteiger partial charge in [0.15, 0.2) is 5.65 Å². The summed E-state index contributed by atoms with van der Waals surface area (Å²) >= 11 is 0. The Bertz CT molecular complexity index is 587. The Labute approximate surface area is 104 Å². The number of hydrogen-bond donors (Lipinski definition) is 1. The quantitative estimate of drug-likeness (QED) is 0.870. The Morgan fingerprint density at radius 2 is 2.17 bits per heavy atom. The van der Waals surface area contributed by atoms with Gasteiger partial charge in [-0.3, -0.25) is 4.90 Å². The molecule has 18 heavy (non-hydrogen) atoms. The van der Waals surface area contributed by atoms with Crippen molar-refractivity contribution in [2.24, 2.45) is 0 Å². The second-order valence-corrected chi connectivity index (χ2v) is 4.53. The van der Waals surface area contributed by atoms with Crippen LogP contribution in [0.25, 0.3) is 11.0 Å². The van der Waals surface area contributed by atoms with Crippen molar-refractivity contribution in [3.63, 3.8) is 0 Å². The standard InChI is InChI=1S/C12H14N4O2/c17-12(18)16-11-10(7-14-16)9(3-4-13-11)8-15-5-1-2-6-15/h3-4,7H,1-2,5-6,8H2,(H,17,18). The molecule has 0 spiro atoms. The van der Waals surface area contributed by atoms with E-state index in [0.29, 0.717) is 5.65 Å². The third-order valence-electron chi connectivity index (χ3n) is 3.34. The number of carbonyl (C=O) groups is 1. The molecule has 0 saturated carbocycles. The lowest BCUT2D eigenvalue weighted by Crippen LogP contribution is -2.18. The van der Waals surface area contributed by atoms with E-state index in [1.807, 2.05) is 6.07 Å². The SMILES string of the molecule is O=C(O)n1ncc2c(CN3CCCC3)ccnc21. The van der Waals surface area contributed by atoms with Crippen LogP contribution < -0.4 is 0 Å². The van der Waals surface area contributed by atoms with Crippen molar-refractivity contribution in [2.45, 2.75) is 19.4 Å². The van der Waals surface area contributed by atoms with Crippen molar-refractivity contribution in [3.8, 4) is 0 Å². The Balaban J connectivity index is 1.99. The molecule has 3 rings (SSSR count). The maximum atomic E-state index is 11.0. The van der Waals surface area contributed by atoms with E-state index in [9.17, 15) is 4.79 Å². The molecule has 0 unspecified atom stereocenters. The zero-order valence-corrected chi connectivity index (χ0v) is 9.91. The third kappa shape index (κ3) is 1.84. The first-order valence-corrected chi connectivity index (χ1v) is 6.03. The maximum Gasteiger partial charge on any atom is 0.434 e. The smallest absolute Gasteiger partial charge is 0.434 e. The van der Waals surface area contributed by atoms with Gasteiger partial charge in [0.05, 0.1) is 6.20 Å². The van der Waals surface area contributed by atoms with Crippen LogP contribution in [0.2, 0.25) is 0 Å². The average molecular weight is 246 g/mol. The highest BCUT2D eigenvalue weighted by Gasteiger charge is 2.16. The molecule has 3 heterocycles. The molecular formula is C12H14N4O2. The van der Waals surface area contributed by atoms with Gasteiger partial charge in [-0.2, -0.15) is 5.10 Å². The van der Waals surface area contributed by atoms with E-state index in [1.54, 1.807) is 12.4 Å². The molecule has 1 saturated heterocycles. The molecule has 0 radical (unpaired) electrons. The summed E-state index contributed by atoms with van der Waals surface area (Å²) in [6.07, 6.45) is 4.61. The van der Waals surface area contributed by atoms with Gasteiger partial charge in [0.25, 0.3) is 0 Å². The summed E-state index contributed by atoms with van der Waals surface area (Å²) in [6, 6.07) is 1.94. The molecule has 6 heteroatoms. The summed E-state index contributed by atoms with van der Waals surface area (Å²) in [6.45, 7) is 3.05. The zero-order chi connectivity index (χ0) is 12.5. The molecule has 1 N–H and O–H groups in total. The third-order valence-corrected chi connectivity index (χ3v) is 3.34. The predicted octanol–water partition coefficient (Wildman–Crippen LogP) is 1.55. The molecule has 1 fully saturated rings. The van der Waals surface area contributed by atoms with Crippen LogP contribution in [0.4, 0.5) is 4.79 Å². The van der Waals surface area contributed by atoms with E-state index < -0.39 is 6.09 Å². The van der Waals surface area contributed by atoms with Gasteiger partial charge in [-0.25, -0.2) is 9.78 Å². The van der Waals surface area contributed by atoms with E-state index in [-0.39, 0.29) is 0 Å². The first-order chi connectivity index (χ1) is 8.75. The first kappa shape index (κ1) is 11.2. The van der Waals surface area contributed by atoms with Crippen LogP contribution in [0, 0.1) is 0 Å². The highest BCUT2D eigenvalue weighted by atomic mass is 16.4. The average Bonchev–Trinajstić information content (AvgIpc) is 2.97. The molecule has 94 valence electrons. The fourth-order valence-electron chi connectivity index (χ4n) is 2.44. The molecule has 6 nitrogen and oxygen atoms in total. The molecule has 0 bridgehead atoms. The number of fused-ring (bicyclic) bond motifs is 1. The van der Waals surface area contributed by atoms with Crippen LogP contribution in [0.1, 0.15) is 18.4 Å². The van der Waals surface area contributed by atoms with Gasteiger partial charge in [-0.05, 0) is 37.6 Å². The van der Waals surface area contributed by atoms with Crippen molar-refractivity contribution >= 4 is 17.1 Å². The minimum atomic E-state index is -1.10. The van der Waals surface area contributed by atoms with Crippen LogP contribution >= 0.6 is 0 Å². The lowest BCUT2D eigenvalue weighted by atomic mass is 10.2. The highest BCUT2D eigenvalue weighted by Crippen LogP contribution is 2.20. The minimum absolute atomic E-state index is 0.416. The molecule has 0 amide bonds. The van der Waals surface area contributed by atoms with Crippen LogP contribution in [-0.2, 0) is 6.54 Å². The molecule has 2 aromatic heterocycles. The second kappa shape index (κ2) is 4.38. The van der Waals surface area contributed by atoms with E-state index in [4.69, 9.17) is 5.11 Å². The summed E-state index contributed by atoms with van der Waals surface area (Å²) in [5.74, 6) is 0. The fraction of sp³-hybridized carbons (Fsp3) is 0.417. The minimum Gasteiger partial charge on any atom is -0.463 e. The summed E-state index contributed by atoms with van der Waals surface area (Å²) in [4.78, 5) is 17.4. The van der Waals surface area contributed by atoms with E-state index in [1.165, 1.54) is 12.8 Å². The van der Waals surface area contributed by atoms with Gasteiger partial charge >= 0.3 is 6.09 Å². The molecular weight excluding hydrogens is 232 g/mol. The molecule has 2 aromatic rings. The fourth-order valence-corrected chi connectivity index (χ4v) is 2.44. The Morgan fingerprint density at radius 3 is 2.89 bits per heavy atom. The lowest BCUT2D eigenvalue weighted by Gasteiger charge is -2.14. The number of likely N-dealkylation sites (tertiary alicyclic amines) is 1. The number of rotatable bonds is 2. The van der Waals surface area contributed by atoms with Gasteiger partial charge in [0.2, 0.25) is 0 Å². The highest BCUT2D eigenvalue weighted by molar-refractivity contribution is 5.86. The number of nitrogens with zero attached hydrogens (tertiary/aromatic N) is 4. The topological polar surface area (TPSA) is 71.2 Å². The van der Waals surface area contributed by atoms with E-state index >= 15 is 0 Å². The van der Waals surface area contributed by atoms with E-state index in [2.05, 4.69) is 15.0 Å². The van der Waals surface area contributed by atoms with Gasteiger partial charge in [-0.15, -0.1) is 4.68 Å². The number of aromatic nitrogens is 3. The Kier molecular flexibility index (Phi) is 2.71. The van der Waals surface area contributed by atoms with Gasteiger partial charge in [0.1, 0.15) is 0 Å². The van der Waals surface area contributed by atoms with Gasteiger partial charge in [-0.1, -0.05) is 0 Å². The first-order valence-electron chi connectivity index (χ1n) is 6.03. The van der Waals surface area contributed by atoms with Crippen molar-refractivity contribution in [3.05, 3.63) is 24.0 Å². The normalized spacial score (nSPS) is 16.4. The maximum absolute atomic E-state index is 11.0. The monoisotopic (exact) mass is 246 g/mol. The molecule has 0 aliphatic carbocycles. The zero-order valence-electron chi connectivity index (χ0n) is 9.91. The number of hydrogen-bond acceptors (Lipinski definition) is 4. The van der Waals surface area contributed by atoms with Gasteiger partial charge < -0.3 is 5.11 Å². The van der Waals surface area contributed by atoms with E-state index in [0.717, 1.165) is 35.3 Å². The van der Waals surface area contributed by atoms with Crippen LogP contribution in [-0.4, -0.2) is 44.0 Å².